The van der Waals surface area contributed by atoms with E-state index in [2.05, 4.69) is 17.2 Å². The molecule has 0 radical (unpaired) electrons. The van der Waals surface area contributed by atoms with Crippen molar-refractivity contribution < 1.29 is 9.21 Å². The number of benzene rings is 1. The van der Waals surface area contributed by atoms with Gasteiger partial charge < -0.3 is 15.5 Å². The van der Waals surface area contributed by atoms with E-state index in [9.17, 15) is 4.79 Å². The maximum Gasteiger partial charge on any atom is 0.258 e. The fourth-order valence-electron chi connectivity index (χ4n) is 1.61. The second-order valence-electron chi connectivity index (χ2n) is 4.10. The molecule has 0 aliphatic rings. The molecule has 0 saturated carbocycles. The summed E-state index contributed by atoms with van der Waals surface area (Å²) in [5.74, 6) is 6.02. The van der Waals surface area contributed by atoms with Crippen LogP contribution in [0.3, 0.4) is 0 Å². The van der Waals surface area contributed by atoms with Crippen LogP contribution >= 0.6 is 11.6 Å². The number of carbonyl (C=O) groups excluding carboxylic acids is 1. The van der Waals surface area contributed by atoms with E-state index in [1.807, 2.05) is 0 Å². The highest BCUT2D eigenvalue weighted by Gasteiger charge is 2.11. The summed E-state index contributed by atoms with van der Waals surface area (Å²) in [5.41, 5.74) is 7.00. The summed E-state index contributed by atoms with van der Waals surface area (Å²) in [7, 11) is 0. The highest BCUT2D eigenvalue weighted by Crippen LogP contribution is 2.23. The minimum atomic E-state index is -0.285. The maximum absolute atomic E-state index is 12.0. The Bertz CT molecular complexity index is 695. The molecule has 5 heteroatoms. The minimum Gasteiger partial charge on any atom is -0.469 e. The second kappa shape index (κ2) is 6.29. The van der Waals surface area contributed by atoms with E-state index in [0.717, 1.165) is 5.56 Å². The Morgan fingerprint density at radius 3 is 2.90 bits per heavy atom. The maximum atomic E-state index is 12.0. The molecule has 1 aromatic carbocycles. The van der Waals surface area contributed by atoms with Crippen LogP contribution in [0.5, 0.6) is 0 Å². The van der Waals surface area contributed by atoms with Gasteiger partial charge in [-0.2, -0.15) is 0 Å². The normalized spacial score (nSPS) is 9.75. The zero-order chi connectivity index (χ0) is 14.5. The second-order valence-corrected chi connectivity index (χ2v) is 4.51. The third-order valence-electron chi connectivity index (χ3n) is 2.54. The molecule has 4 nitrogen and oxygen atoms in total. The van der Waals surface area contributed by atoms with Gasteiger partial charge in [0.15, 0.2) is 0 Å². The molecular formula is C15H13ClN2O2. The van der Waals surface area contributed by atoms with Gasteiger partial charge >= 0.3 is 0 Å². The first-order chi connectivity index (χ1) is 9.60. The van der Waals surface area contributed by atoms with Crippen molar-refractivity contribution in [2.45, 2.75) is 6.92 Å². The smallest absolute Gasteiger partial charge is 0.258 e. The Kier molecular flexibility index (Phi) is 4.46. The molecule has 0 aliphatic carbocycles. The molecule has 1 amide bonds. The predicted molar refractivity (Wildman–Crippen MR) is 78.8 cm³/mol. The first-order valence-electron chi connectivity index (χ1n) is 5.95. The molecule has 0 atom stereocenters. The Morgan fingerprint density at radius 2 is 2.25 bits per heavy atom. The molecule has 0 saturated heterocycles. The van der Waals surface area contributed by atoms with E-state index in [4.69, 9.17) is 21.8 Å². The van der Waals surface area contributed by atoms with Crippen LogP contribution < -0.4 is 11.1 Å². The summed E-state index contributed by atoms with van der Waals surface area (Å²) >= 11 is 6.06. The lowest BCUT2D eigenvalue weighted by molar-refractivity contribution is 0.102. The zero-order valence-corrected chi connectivity index (χ0v) is 11.6. The van der Waals surface area contributed by atoms with E-state index in [1.54, 1.807) is 31.2 Å². The summed E-state index contributed by atoms with van der Waals surface area (Å²) in [5, 5.41) is 3.17. The highest BCUT2D eigenvalue weighted by atomic mass is 35.5. The van der Waals surface area contributed by atoms with Crippen molar-refractivity contribution in [2.24, 2.45) is 5.73 Å². The van der Waals surface area contributed by atoms with Crippen molar-refractivity contribution >= 4 is 23.2 Å². The quantitative estimate of drug-likeness (QED) is 0.835. The molecule has 2 aromatic rings. The third kappa shape index (κ3) is 3.41. The van der Waals surface area contributed by atoms with Crippen LogP contribution in [0.25, 0.3) is 0 Å². The minimum absolute atomic E-state index is 0.276. The Hall–Kier alpha value is -2.22. The number of nitrogens with two attached hydrogens (primary N) is 1. The van der Waals surface area contributed by atoms with Crippen LogP contribution in [0.1, 0.15) is 21.7 Å². The number of hydrogen-bond donors (Lipinski definition) is 2. The van der Waals surface area contributed by atoms with Crippen molar-refractivity contribution in [1.29, 1.82) is 0 Å². The van der Waals surface area contributed by atoms with Gasteiger partial charge in [0.25, 0.3) is 5.91 Å². The van der Waals surface area contributed by atoms with Crippen LogP contribution in [0.15, 0.2) is 34.9 Å². The van der Waals surface area contributed by atoms with Gasteiger partial charge in [-0.1, -0.05) is 23.4 Å². The molecule has 1 aromatic heterocycles. The van der Waals surface area contributed by atoms with Crippen molar-refractivity contribution in [3.8, 4) is 11.8 Å². The SMILES string of the molecule is Cc1cc(C(=O)Nc2cc(C#CCN)ccc2Cl)co1. The van der Waals surface area contributed by atoms with Crippen molar-refractivity contribution in [3.05, 3.63) is 52.4 Å². The van der Waals surface area contributed by atoms with E-state index in [-0.39, 0.29) is 12.5 Å². The molecule has 0 bridgehead atoms. The fraction of sp³-hybridized carbons (Fsp3) is 0.133. The molecule has 3 N–H and O–H groups in total. The molecule has 102 valence electrons. The van der Waals surface area contributed by atoms with E-state index < -0.39 is 0 Å². The van der Waals surface area contributed by atoms with Crippen LogP contribution in [0.2, 0.25) is 5.02 Å². The summed E-state index contributed by atoms with van der Waals surface area (Å²) in [6.45, 7) is 2.05. The average Bonchev–Trinajstić information content (AvgIpc) is 2.86. The average molecular weight is 289 g/mol. The Balaban J connectivity index is 2.22. The van der Waals surface area contributed by atoms with E-state index in [1.165, 1.54) is 6.26 Å². The van der Waals surface area contributed by atoms with Crippen molar-refractivity contribution in [2.75, 3.05) is 11.9 Å². The lowest BCUT2D eigenvalue weighted by Gasteiger charge is -2.06. The standard InChI is InChI=1S/C15H13ClN2O2/c1-10-7-12(9-20-10)15(19)18-14-8-11(3-2-6-17)4-5-13(14)16/h4-5,7-9H,6,17H2,1H3,(H,18,19). The van der Waals surface area contributed by atoms with Crippen molar-refractivity contribution in [3.63, 3.8) is 0 Å². The molecular weight excluding hydrogens is 276 g/mol. The zero-order valence-electron chi connectivity index (χ0n) is 10.9. The highest BCUT2D eigenvalue weighted by molar-refractivity contribution is 6.34. The number of amides is 1. The monoisotopic (exact) mass is 288 g/mol. The summed E-state index contributed by atoms with van der Waals surface area (Å²) in [6.07, 6.45) is 1.40. The molecule has 20 heavy (non-hydrogen) atoms. The van der Waals surface area contributed by atoms with Gasteiger partial charge in [0.05, 0.1) is 22.8 Å². The van der Waals surface area contributed by atoms with Gasteiger partial charge in [-0.05, 0) is 31.2 Å². The van der Waals surface area contributed by atoms with Crippen LogP contribution in [-0.2, 0) is 0 Å². The molecule has 0 aliphatic heterocycles. The number of anilines is 1. The number of aryl methyl sites for hydroxylation is 1. The van der Waals surface area contributed by atoms with Gasteiger partial charge in [-0.15, -0.1) is 0 Å². The first-order valence-corrected chi connectivity index (χ1v) is 6.33. The number of carbonyl (C=O) groups is 1. The van der Waals surface area contributed by atoms with Gasteiger partial charge in [0.1, 0.15) is 12.0 Å². The Labute approximate surface area is 121 Å². The number of rotatable bonds is 2. The third-order valence-corrected chi connectivity index (χ3v) is 2.87. The molecule has 1 heterocycles. The summed E-state index contributed by atoms with van der Waals surface area (Å²) in [6, 6.07) is 6.80. The number of halogens is 1. The topological polar surface area (TPSA) is 68.3 Å². The summed E-state index contributed by atoms with van der Waals surface area (Å²) < 4.78 is 5.10. The van der Waals surface area contributed by atoms with Crippen LogP contribution in [0, 0.1) is 18.8 Å². The van der Waals surface area contributed by atoms with Crippen LogP contribution in [-0.4, -0.2) is 12.5 Å². The number of hydrogen-bond acceptors (Lipinski definition) is 3. The predicted octanol–water partition coefficient (Wildman–Crippen LogP) is 2.80. The first kappa shape index (κ1) is 14.2. The lowest BCUT2D eigenvalue weighted by Crippen LogP contribution is -2.11. The lowest BCUT2D eigenvalue weighted by atomic mass is 10.2. The fourth-order valence-corrected chi connectivity index (χ4v) is 1.77. The largest absolute Gasteiger partial charge is 0.469 e. The van der Waals surface area contributed by atoms with E-state index in [0.29, 0.717) is 22.0 Å². The van der Waals surface area contributed by atoms with E-state index >= 15 is 0 Å². The number of nitrogens with one attached hydrogen (secondary N) is 1. The molecule has 0 fully saturated rings. The van der Waals surface area contributed by atoms with Gasteiger partial charge in [0.2, 0.25) is 0 Å². The summed E-state index contributed by atoms with van der Waals surface area (Å²) in [4.78, 5) is 12.0. The van der Waals surface area contributed by atoms with Crippen molar-refractivity contribution in [1.82, 2.24) is 0 Å². The van der Waals surface area contributed by atoms with Gasteiger partial charge in [-0.25, -0.2) is 0 Å². The number of furan rings is 1. The van der Waals surface area contributed by atoms with Gasteiger partial charge in [-0.3, -0.25) is 4.79 Å². The van der Waals surface area contributed by atoms with Gasteiger partial charge in [0, 0.05) is 5.56 Å². The Morgan fingerprint density at radius 1 is 1.45 bits per heavy atom. The molecule has 2 rings (SSSR count). The molecule has 0 spiro atoms. The molecule has 0 unspecified atom stereocenters. The van der Waals surface area contributed by atoms with Crippen LogP contribution in [0.4, 0.5) is 5.69 Å².